The average Bonchev–Trinajstić information content (AvgIpc) is 2.52. The predicted octanol–water partition coefficient (Wildman–Crippen LogP) is 2.71. The highest BCUT2D eigenvalue weighted by atomic mass is 35.5. The molecule has 1 atom stereocenters. The summed E-state index contributed by atoms with van der Waals surface area (Å²) < 4.78 is 10.5. The quantitative estimate of drug-likeness (QED) is 0.826. The predicted molar refractivity (Wildman–Crippen MR) is 89.7 cm³/mol. The number of aliphatic carboxylic acids is 1. The molecular weight excluding hydrogens is 357 g/mol. The summed E-state index contributed by atoms with van der Waals surface area (Å²) in [5.41, 5.74) is -1.07. The van der Waals surface area contributed by atoms with E-state index in [9.17, 15) is 14.7 Å². The molecule has 132 valence electrons. The van der Waals surface area contributed by atoms with E-state index in [1.165, 1.54) is 12.0 Å². The van der Waals surface area contributed by atoms with Gasteiger partial charge < -0.3 is 19.5 Å². The average molecular weight is 376 g/mol. The summed E-state index contributed by atoms with van der Waals surface area (Å²) in [5, 5.41) is 10.3. The molecule has 1 amide bonds. The van der Waals surface area contributed by atoms with Gasteiger partial charge in [-0.1, -0.05) is 23.2 Å². The smallest absolute Gasteiger partial charge is 0.313 e. The summed E-state index contributed by atoms with van der Waals surface area (Å²) in [6.07, 6.45) is 1.08. The first-order chi connectivity index (χ1) is 11.4. The molecule has 1 saturated heterocycles. The molecule has 1 aromatic carbocycles. The highest BCUT2D eigenvalue weighted by molar-refractivity contribution is 6.34. The van der Waals surface area contributed by atoms with Gasteiger partial charge in [-0.2, -0.15) is 0 Å². The molecule has 1 fully saturated rings. The Labute approximate surface area is 150 Å². The lowest BCUT2D eigenvalue weighted by atomic mass is 9.80. The first-order valence-corrected chi connectivity index (χ1v) is 8.21. The van der Waals surface area contributed by atoms with Gasteiger partial charge in [0.25, 0.3) is 5.91 Å². The van der Waals surface area contributed by atoms with Crippen molar-refractivity contribution in [2.24, 2.45) is 5.41 Å². The van der Waals surface area contributed by atoms with Crippen LogP contribution in [0.15, 0.2) is 18.2 Å². The Hall–Kier alpha value is -1.50. The van der Waals surface area contributed by atoms with Gasteiger partial charge in [0.1, 0.15) is 11.2 Å². The fraction of sp³-hybridized carbons (Fsp3) is 0.500. The third-order valence-electron chi connectivity index (χ3n) is 4.00. The van der Waals surface area contributed by atoms with Crippen LogP contribution in [0.4, 0.5) is 0 Å². The second-order valence-corrected chi connectivity index (χ2v) is 6.70. The molecule has 1 unspecified atom stereocenters. The minimum Gasteiger partial charge on any atom is -0.484 e. The third kappa shape index (κ3) is 4.53. The molecule has 1 heterocycles. The Balaban J connectivity index is 2.00. The van der Waals surface area contributed by atoms with Crippen LogP contribution in [0, 0.1) is 5.41 Å². The van der Waals surface area contributed by atoms with Crippen molar-refractivity contribution >= 4 is 35.1 Å². The highest BCUT2D eigenvalue weighted by Gasteiger charge is 2.43. The van der Waals surface area contributed by atoms with E-state index in [-0.39, 0.29) is 25.7 Å². The fourth-order valence-electron chi connectivity index (χ4n) is 2.82. The molecule has 0 aromatic heterocycles. The number of hydrogen-bond acceptors (Lipinski definition) is 4. The number of amides is 1. The largest absolute Gasteiger partial charge is 0.484 e. The van der Waals surface area contributed by atoms with Gasteiger partial charge in [-0.15, -0.1) is 0 Å². The summed E-state index contributed by atoms with van der Waals surface area (Å²) in [6.45, 7) is 0.460. The van der Waals surface area contributed by atoms with Gasteiger partial charge in [0.05, 0.1) is 6.61 Å². The molecule has 1 N–H and O–H groups in total. The van der Waals surface area contributed by atoms with Gasteiger partial charge in [-0.3, -0.25) is 9.59 Å². The summed E-state index contributed by atoms with van der Waals surface area (Å²) in [7, 11) is 1.46. The lowest BCUT2D eigenvalue weighted by Gasteiger charge is -2.39. The lowest BCUT2D eigenvalue weighted by molar-refractivity contribution is -0.159. The highest BCUT2D eigenvalue weighted by Crippen LogP contribution is 2.31. The van der Waals surface area contributed by atoms with E-state index in [1.807, 2.05) is 0 Å². The van der Waals surface area contributed by atoms with Crippen molar-refractivity contribution < 1.29 is 24.2 Å². The molecule has 24 heavy (non-hydrogen) atoms. The van der Waals surface area contributed by atoms with E-state index >= 15 is 0 Å². The van der Waals surface area contributed by atoms with Crippen molar-refractivity contribution in [1.29, 1.82) is 0 Å². The zero-order valence-corrected chi connectivity index (χ0v) is 14.8. The van der Waals surface area contributed by atoms with Gasteiger partial charge in [0.2, 0.25) is 0 Å². The van der Waals surface area contributed by atoms with E-state index < -0.39 is 11.4 Å². The summed E-state index contributed by atoms with van der Waals surface area (Å²) in [6, 6.07) is 4.68. The third-order valence-corrected chi connectivity index (χ3v) is 4.44. The van der Waals surface area contributed by atoms with E-state index in [1.54, 1.807) is 18.2 Å². The molecule has 8 heteroatoms. The number of hydrogen-bond donors (Lipinski definition) is 1. The van der Waals surface area contributed by atoms with Crippen LogP contribution in [-0.2, 0) is 14.3 Å². The Morgan fingerprint density at radius 3 is 2.54 bits per heavy atom. The molecular formula is C16H19Cl2NO5. The Bertz CT molecular complexity index is 600. The van der Waals surface area contributed by atoms with Crippen LogP contribution in [-0.4, -0.2) is 55.3 Å². The topological polar surface area (TPSA) is 76.1 Å². The molecule has 0 saturated carbocycles. The van der Waals surface area contributed by atoms with E-state index in [4.69, 9.17) is 32.7 Å². The molecule has 0 aliphatic carbocycles. The molecule has 1 aliphatic rings. The van der Waals surface area contributed by atoms with Crippen molar-refractivity contribution in [3.8, 4) is 5.75 Å². The molecule has 0 radical (unpaired) electrons. The second kappa shape index (κ2) is 8.05. The number of carbonyl (C=O) groups is 2. The van der Waals surface area contributed by atoms with Crippen molar-refractivity contribution in [1.82, 2.24) is 4.90 Å². The standard InChI is InChI=1S/C16H19Cl2NO5/c1-23-10-16(15(21)22)3-2-4-19(9-16)14(20)8-24-13-6-11(17)5-12(18)7-13/h5-7H,2-4,8-10H2,1H3,(H,21,22). The van der Waals surface area contributed by atoms with Crippen LogP contribution >= 0.6 is 23.2 Å². The van der Waals surface area contributed by atoms with Crippen LogP contribution < -0.4 is 4.74 Å². The van der Waals surface area contributed by atoms with Crippen molar-refractivity contribution in [3.05, 3.63) is 28.2 Å². The number of methoxy groups -OCH3 is 1. The zero-order chi connectivity index (χ0) is 17.7. The lowest BCUT2D eigenvalue weighted by Crippen LogP contribution is -2.53. The van der Waals surface area contributed by atoms with Crippen molar-refractivity contribution in [2.75, 3.05) is 33.4 Å². The molecule has 1 aliphatic heterocycles. The van der Waals surface area contributed by atoms with Gasteiger partial charge >= 0.3 is 5.97 Å². The van der Waals surface area contributed by atoms with Crippen molar-refractivity contribution in [2.45, 2.75) is 12.8 Å². The number of ether oxygens (including phenoxy) is 2. The summed E-state index contributed by atoms with van der Waals surface area (Å²) in [4.78, 5) is 25.5. The van der Waals surface area contributed by atoms with Gasteiger partial charge in [0.15, 0.2) is 6.61 Å². The normalized spacial score (nSPS) is 20.7. The number of rotatable bonds is 6. The summed E-state index contributed by atoms with van der Waals surface area (Å²) >= 11 is 11.8. The van der Waals surface area contributed by atoms with Crippen molar-refractivity contribution in [3.63, 3.8) is 0 Å². The number of likely N-dealkylation sites (tertiary alicyclic amines) is 1. The summed E-state index contributed by atoms with van der Waals surface area (Å²) in [5.74, 6) is -0.851. The SMILES string of the molecule is COCC1(C(=O)O)CCCN(C(=O)COc2cc(Cl)cc(Cl)c2)C1. The Morgan fingerprint density at radius 2 is 1.96 bits per heavy atom. The van der Waals surface area contributed by atoms with E-state index in [0.717, 1.165) is 0 Å². The number of piperidine rings is 1. The van der Waals surface area contributed by atoms with Crippen LogP contribution in [0.1, 0.15) is 12.8 Å². The first-order valence-electron chi connectivity index (χ1n) is 7.45. The maximum atomic E-state index is 12.4. The molecule has 0 spiro atoms. The number of nitrogens with zero attached hydrogens (tertiary/aromatic N) is 1. The maximum Gasteiger partial charge on any atom is 0.313 e. The first kappa shape index (κ1) is 18.8. The number of carboxylic acid groups (broad SMARTS) is 1. The maximum absolute atomic E-state index is 12.4. The van der Waals surface area contributed by atoms with Crippen LogP contribution in [0.3, 0.4) is 0 Å². The Kier molecular flexibility index (Phi) is 6.32. The minimum absolute atomic E-state index is 0.0663. The van der Waals surface area contributed by atoms with E-state index in [0.29, 0.717) is 35.2 Å². The fourth-order valence-corrected chi connectivity index (χ4v) is 3.33. The molecule has 1 aromatic rings. The van der Waals surface area contributed by atoms with Crippen LogP contribution in [0.25, 0.3) is 0 Å². The number of carbonyl (C=O) groups excluding carboxylic acids is 1. The van der Waals surface area contributed by atoms with Gasteiger partial charge in [0, 0.05) is 30.2 Å². The van der Waals surface area contributed by atoms with Gasteiger partial charge in [-0.25, -0.2) is 0 Å². The number of benzene rings is 1. The van der Waals surface area contributed by atoms with Crippen LogP contribution in [0.5, 0.6) is 5.75 Å². The number of carboxylic acids is 1. The number of halogens is 2. The van der Waals surface area contributed by atoms with Crippen LogP contribution in [0.2, 0.25) is 10.0 Å². The van der Waals surface area contributed by atoms with Gasteiger partial charge in [-0.05, 0) is 31.0 Å². The minimum atomic E-state index is -1.07. The second-order valence-electron chi connectivity index (χ2n) is 5.83. The molecule has 6 nitrogen and oxygen atoms in total. The van der Waals surface area contributed by atoms with E-state index in [2.05, 4.69) is 0 Å². The zero-order valence-electron chi connectivity index (χ0n) is 13.3. The monoisotopic (exact) mass is 375 g/mol. The molecule has 2 rings (SSSR count). The Morgan fingerprint density at radius 1 is 1.29 bits per heavy atom. The molecule has 0 bridgehead atoms.